The predicted molar refractivity (Wildman–Crippen MR) is 111 cm³/mol. The summed E-state index contributed by atoms with van der Waals surface area (Å²) in [6.07, 6.45) is 3.06. The minimum Gasteiger partial charge on any atom is -0.457 e. The van der Waals surface area contributed by atoms with E-state index in [9.17, 15) is 19.3 Å². The maximum Gasteiger partial charge on any atom is 0.364 e. The lowest BCUT2D eigenvalue weighted by molar-refractivity contribution is -0.185. The Balaban J connectivity index is 1.65. The van der Waals surface area contributed by atoms with Gasteiger partial charge >= 0.3 is 20.3 Å². The highest BCUT2D eigenvalue weighted by atomic mass is 31.2. The van der Waals surface area contributed by atoms with Crippen LogP contribution in [0.5, 0.6) is 0 Å². The number of H-pyrrole nitrogens is 1. The molecular weight excluding hydrogens is 427 g/mol. The maximum absolute atomic E-state index is 12.5. The summed E-state index contributed by atoms with van der Waals surface area (Å²) in [4.78, 5) is 48.1. The molecule has 1 heterocycles. The zero-order valence-corrected chi connectivity index (χ0v) is 17.9. The van der Waals surface area contributed by atoms with Gasteiger partial charge in [-0.25, -0.2) is 9.59 Å². The molecule has 11 heteroatoms. The van der Waals surface area contributed by atoms with Crippen molar-refractivity contribution < 1.29 is 28.2 Å². The number of benzene rings is 1. The highest BCUT2D eigenvalue weighted by Crippen LogP contribution is 2.35. The van der Waals surface area contributed by atoms with Crippen LogP contribution in [0.2, 0.25) is 0 Å². The zero-order valence-electron chi connectivity index (χ0n) is 17.0. The van der Waals surface area contributed by atoms with Crippen LogP contribution in [0.1, 0.15) is 23.6 Å². The molecule has 31 heavy (non-hydrogen) atoms. The van der Waals surface area contributed by atoms with E-state index >= 15 is 0 Å². The highest BCUT2D eigenvalue weighted by Gasteiger charge is 2.32. The number of carbonyl (C=O) groups excluding carboxylic acids is 1. The number of hydrogen-bond acceptors (Lipinski definition) is 8. The molecule has 4 atom stereocenters. The van der Waals surface area contributed by atoms with Gasteiger partial charge in [0.05, 0.1) is 12.1 Å². The van der Waals surface area contributed by atoms with Gasteiger partial charge in [-0.3, -0.25) is 18.9 Å². The lowest BCUT2D eigenvalue weighted by Crippen LogP contribution is -2.34. The molecule has 2 aromatic rings. The van der Waals surface area contributed by atoms with Gasteiger partial charge in [0.25, 0.3) is 11.8 Å². The summed E-state index contributed by atoms with van der Waals surface area (Å²) in [6.45, 7) is 1.61. The predicted octanol–water partition coefficient (Wildman–Crippen LogP) is 1.68. The van der Waals surface area contributed by atoms with Gasteiger partial charge in [-0.05, 0) is 12.5 Å². The van der Waals surface area contributed by atoms with E-state index in [1.807, 2.05) is 18.2 Å². The van der Waals surface area contributed by atoms with Crippen LogP contribution in [0, 0.1) is 6.92 Å². The molecule has 0 spiro atoms. The fourth-order valence-corrected chi connectivity index (χ4v) is 3.38. The second kappa shape index (κ2) is 10.6. The lowest BCUT2D eigenvalue weighted by atomic mass is 10.2. The van der Waals surface area contributed by atoms with Crippen molar-refractivity contribution in [3.63, 3.8) is 0 Å². The number of esters is 1. The van der Waals surface area contributed by atoms with Crippen molar-refractivity contribution in [2.75, 3.05) is 7.11 Å². The molecule has 1 aliphatic rings. The molecule has 1 aromatic heterocycles. The molecule has 0 fully saturated rings. The topological polar surface area (TPSA) is 129 Å². The number of hydrogen-bond donors (Lipinski definition) is 2. The van der Waals surface area contributed by atoms with E-state index in [0.717, 1.165) is 5.56 Å². The van der Waals surface area contributed by atoms with E-state index in [1.165, 1.54) is 17.9 Å². The first-order valence-corrected chi connectivity index (χ1v) is 10.6. The second-order valence-corrected chi connectivity index (χ2v) is 7.84. The maximum atomic E-state index is 12.5. The highest BCUT2D eigenvalue weighted by molar-refractivity contribution is 7.40. The van der Waals surface area contributed by atoms with E-state index in [1.54, 1.807) is 31.2 Å². The van der Waals surface area contributed by atoms with E-state index in [2.05, 4.69) is 4.98 Å². The van der Waals surface area contributed by atoms with Crippen molar-refractivity contribution >= 4 is 14.6 Å². The second-order valence-electron chi connectivity index (χ2n) is 6.79. The molecule has 0 bridgehead atoms. The molecule has 10 nitrogen and oxygen atoms in total. The quantitative estimate of drug-likeness (QED) is 0.256. The number of aryl methyl sites for hydroxylation is 1. The van der Waals surface area contributed by atoms with Gasteiger partial charge in [0, 0.05) is 25.3 Å². The van der Waals surface area contributed by atoms with Crippen molar-refractivity contribution in [3.05, 3.63) is 80.6 Å². The van der Waals surface area contributed by atoms with Crippen molar-refractivity contribution in [1.82, 2.24) is 9.55 Å². The molecule has 1 aliphatic carbocycles. The van der Waals surface area contributed by atoms with E-state index in [-0.39, 0.29) is 12.6 Å². The lowest BCUT2D eigenvalue weighted by Gasteiger charge is -2.22. The summed E-state index contributed by atoms with van der Waals surface area (Å²) in [5, 5.41) is 0. The van der Waals surface area contributed by atoms with E-state index in [0.29, 0.717) is 12.0 Å². The number of ether oxygens (including phenoxy) is 2. The first kappa shape index (κ1) is 23.1. The van der Waals surface area contributed by atoms with Gasteiger partial charge in [0.15, 0.2) is 0 Å². The molecule has 4 unspecified atom stereocenters. The summed E-state index contributed by atoms with van der Waals surface area (Å²) < 4.78 is 22.2. The van der Waals surface area contributed by atoms with Gasteiger partial charge < -0.3 is 18.9 Å². The van der Waals surface area contributed by atoms with E-state index < -0.39 is 38.2 Å². The number of nitrogens with zero attached hydrogens (tertiary/aromatic N) is 1. The molecule has 2 N–H and O–H groups in total. The van der Waals surface area contributed by atoms with Crippen LogP contribution < -0.4 is 11.2 Å². The third-order valence-electron chi connectivity index (χ3n) is 4.58. The number of rotatable bonds is 9. The SMILES string of the molecule is COP(O)OC(OC1C=CC(n2cc(C)c(=O)[nH]c2=O)C1)C(=O)OCc1ccccc1. The number of carbonyl (C=O) groups is 1. The average Bonchev–Trinajstić information content (AvgIpc) is 3.23. The standard InChI is InChI=1S/C20H23N2O8P/c1-13-11-22(20(25)21-17(13)23)15-8-9-16(10-15)29-19(30-31(26)27-2)18(24)28-12-14-6-4-3-5-7-14/h3-9,11,15-16,19,26H,10,12H2,1-2H3,(H,21,23,25). The van der Waals surface area contributed by atoms with Crippen LogP contribution in [0.4, 0.5) is 0 Å². The first-order chi connectivity index (χ1) is 14.9. The minimum absolute atomic E-state index is 0.00834. The summed E-state index contributed by atoms with van der Waals surface area (Å²) in [5.74, 6) is -0.823. The van der Waals surface area contributed by atoms with Crippen molar-refractivity contribution in [1.29, 1.82) is 0 Å². The van der Waals surface area contributed by atoms with Gasteiger partial charge in [0.2, 0.25) is 0 Å². The average molecular weight is 450 g/mol. The third-order valence-corrected chi connectivity index (χ3v) is 5.27. The number of aromatic nitrogens is 2. The molecule has 0 aliphatic heterocycles. The summed E-state index contributed by atoms with van der Waals surface area (Å²) >= 11 is 0. The Labute approximate surface area is 179 Å². The first-order valence-electron chi connectivity index (χ1n) is 9.43. The Bertz CT molecular complexity index is 1040. The van der Waals surface area contributed by atoms with Crippen molar-refractivity contribution in [3.8, 4) is 0 Å². The third kappa shape index (κ3) is 6.19. The van der Waals surface area contributed by atoms with Gasteiger partial charge in [0.1, 0.15) is 6.61 Å². The molecule has 0 amide bonds. The largest absolute Gasteiger partial charge is 0.457 e. The zero-order chi connectivity index (χ0) is 22.4. The fraction of sp³-hybridized carbons (Fsp3) is 0.350. The van der Waals surface area contributed by atoms with Crippen LogP contribution in [-0.4, -0.2) is 39.9 Å². The monoisotopic (exact) mass is 450 g/mol. The molecule has 166 valence electrons. The summed E-state index contributed by atoms with van der Waals surface area (Å²) in [6, 6.07) is 8.69. The van der Waals surface area contributed by atoms with Crippen LogP contribution in [0.3, 0.4) is 0 Å². The Morgan fingerprint density at radius 1 is 1.29 bits per heavy atom. The number of aromatic amines is 1. The Kier molecular flexibility index (Phi) is 7.89. The van der Waals surface area contributed by atoms with Crippen molar-refractivity contribution in [2.45, 2.75) is 38.4 Å². The smallest absolute Gasteiger partial charge is 0.364 e. The Morgan fingerprint density at radius 2 is 2.03 bits per heavy atom. The molecular formula is C20H23N2O8P. The number of nitrogens with one attached hydrogen (secondary N) is 1. The van der Waals surface area contributed by atoms with Gasteiger partial charge in [-0.15, -0.1) is 0 Å². The summed E-state index contributed by atoms with van der Waals surface area (Å²) in [7, 11) is -1.12. The minimum atomic E-state index is -2.35. The normalized spacial score (nSPS) is 19.8. The molecule has 0 saturated heterocycles. The molecule has 1 aromatic carbocycles. The molecule has 0 radical (unpaired) electrons. The van der Waals surface area contributed by atoms with E-state index in [4.69, 9.17) is 18.5 Å². The fourth-order valence-electron chi connectivity index (χ4n) is 2.99. The van der Waals surface area contributed by atoms with Crippen LogP contribution in [-0.2, 0) is 29.9 Å². The van der Waals surface area contributed by atoms with Crippen molar-refractivity contribution in [2.24, 2.45) is 0 Å². The Hall–Kier alpha value is -2.62. The molecule has 0 saturated carbocycles. The van der Waals surface area contributed by atoms with Crippen LogP contribution in [0.25, 0.3) is 0 Å². The van der Waals surface area contributed by atoms with Crippen LogP contribution in [0.15, 0.2) is 58.3 Å². The molecule has 3 rings (SSSR count). The Morgan fingerprint density at radius 3 is 2.74 bits per heavy atom. The van der Waals surface area contributed by atoms with Gasteiger partial charge in [-0.1, -0.05) is 42.5 Å². The van der Waals surface area contributed by atoms with Crippen LogP contribution >= 0.6 is 8.60 Å². The van der Waals surface area contributed by atoms with Gasteiger partial charge in [-0.2, -0.15) is 0 Å². The number of allylic oxidation sites excluding steroid dienone is 1. The summed E-state index contributed by atoms with van der Waals surface area (Å²) in [5.41, 5.74) is 0.191.